The van der Waals surface area contributed by atoms with Gasteiger partial charge >= 0.3 is 5.69 Å². The molecule has 1 amide bonds. The van der Waals surface area contributed by atoms with Crippen molar-refractivity contribution in [3.63, 3.8) is 0 Å². The van der Waals surface area contributed by atoms with Crippen molar-refractivity contribution in [2.75, 3.05) is 0 Å². The lowest BCUT2D eigenvalue weighted by Crippen LogP contribution is -2.35. The van der Waals surface area contributed by atoms with Gasteiger partial charge in [-0.25, -0.2) is 4.79 Å². The summed E-state index contributed by atoms with van der Waals surface area (Å²) in [7, 11) is 1.69. The molecule has 2 N–H and O–H groups in total. The molecule has 164 valence electrons. The second-order valence-corrected chi connectivity index (χ2v) is 8.05. The quantitative estimate of drug-likeness (QED) is 0.435. The van der Waals surface area contributed by atoms with Gasteiger partial charge in [-0.05, 0) is 34.5 Å². The van der Waals surface area contributed by atoms with Crippen LogP contribution < -0.4 is 11.0 Å². The van der Waals surface area contributed by atoms with E-state index >= 15 is 0 Å². The summed E-state index contributed by atoms with van der Waals surface area (Å²) in [5.41, 5.74) is 2.67. The Labute approximate surface area is 190 Å². The van der Waals surface area contributed by atoms with Gasteiger partial charge in [0.1, 0.15) is 12.3 Å². The average molecular weight is 437 g/mol. The Balaban J connectivity index is 1.57. The molecule has 5 rings (SSSR count). The highest BCUT2D eigenvalue weighted by atomic mass is 16.3. The van der Waals surface area contributed by atoms with Crippen LogP contribution in [0.15, 0.2) is 95.8 Å². The number of nitrogens with one attached hydrogen (secondary N) is 1. The normalized spacial score (nSPS) is 12.2. The number of benzene rings is 4. The van der Waals surface area contributed by atoms with E-state index in [2.05, 4.69) is 5.32 Å². The van der Waals surface area contributed by atoms with E-state index in [1.165, 1.54) is 9.13 Å². The summed E-state index contributed by atoms with van der Waals surface area (Å²) >= 11 is 0. The summed E-state index contributed by atoms with van der Waals surface area (Å²) in [6, 6.07) is 27.6. The van der Waals surface area contributed by atoms with Crippen molar-refractivity contribution in [2.24, 2.45) is 7.05 Å². The summed E-state index contributed by atoms with van der Waals surface area (Å²) in [5.74, 6) is -0.222. The van der Waals surface area contributed by atoms with Crippen molar-refractivity contribution in [1.29, 1.82) is 0 Å². The molecule has 5 aromatic rings. The second kappa shape index (κ2) is 8.31. The molecule has 1 heterocycles. The van der Waals surface area contributed by atoms with Crippen molar-refractivity contribution in [3.8, 4) is 5.75 Å². The highest BCUT2D eigenvalue weighted by molar-refractivity contribution is 5.90. The SMILES string of the molecule is Cn1c(=O)n(CC(=O)NC(c2ccccc2)c2c(O)ccc3ccccc23)c2ccccc21. The number of carbonyl (C=O) groups is 1. The van der Waals surface area contributed by atoms with Crippen molar-refractivity contribution in [1.82, 2.24) is 14.5 Å². The Morgan fingerprint density at radius 1 is 0.879 bits per heavy atom. The number of hydrogen-bond acceptors (Lipinski definition) is 3. The third-order valence-electron chi connectivity index (χ3n) is 6.03. The molecule has 0 bridgehead atoms. The fourth-order valence-electron chi connectivity index (χ4n) is 4.42. The van der Waals surface area contributed by atoms with Gasteiger partial charge in [0.2, 0.25) is 5.91 Å². The first kappa shape index (κ1) is 20.6. The maximum Gasteiger partial charge on any atom is 0.329 e. The highest BCUT2D eigenvalue weighted by Crippen LogP contribution is 2.35. The van der Waals surface area contributed by atoms with Gasteiger partial charge in [0, 0.05) is 12.6 Å². The Morgan fingerprint density at radius 3 is 2.33 bits per heavy atom. The number of phenols is 1. The summed E-state index contributed by atoms with van der Waals surface area (Å²) < 4.78 is 3.00. The molecule has 0 fully saturated rings. The summed E-state index contributed by atoms with van der Waals surface area (Å²) in [6.07, 6.45) is 0. The molecular weight excluding hydrogens is 414 g/mol. The molecule has 6 heteroatoms. The number of carbonyl (C=O) groups excluding carboxylic acids is 1. The number of imidazole rings is 1. The number of aromatic nitrogens is 2. The van der Waals surface area contributed by atoms with Gasteiger partial charge in [-0.2, -0.15) is 0 Å². The van der Waals surface area contributed by atoms with Gasteiger partial charge in [0.15, 0.2) is 0 Å². The van der Waals surface area contributed by atoms with Crippen LogP contribution in [-0.2, 0) is 18.4 Å². The molecule has 0 saturated heterocycles. The molecule has 0 spiro atoms. The Hall–Kier alpha value is -4.32. The standard InChI is InChI=1S/C27H23N3O3/c1-29-21-13-7-8-14-22(21)30(27(29)33)17-24(32)28-26(19-10-3-2-4-11-19)25-20-12-6-5-9-18(20)15-16-23(25)31/h2-16,26,31H,17H2,1H3,(H,28,32). The molecule has 1 unspecified atom stereocenters. The van der Waals surface area contributed by atoms with Gasteiger partial charge < -0.3 is 10.4 Å². The van der Waals surface area contributed by atoms with Crippen LogP contribution in [-0.4, -0.2) is 20.1 Å². The van der Waals surface area contributed by atoms with E-state index < -0.39 is 6.04 Å². The molecule has 6 nitrogen and oxygen atoms in total. The number of fused-ring (bicyclic) bond motifs is 2. The van der Waals surface area contributed by atoms with Crippen molar-refractivity contribution in [3.05, 3.63) is 113 Å². The predicted octanol–water partition coefficient (Wildman–Crippen LogP) is 4.10. The van der Waals surface area contributed by atoms with E-state index in [0.717, 1.165) is 21.9 Å². The topological polar surface area (TPSA) is 76.3 Å². The first-order chi connectivity index (χ1) is 16.0. The minimum Gasteiger partial charge on any atom is -0.508 e. The van der Waals surface area contributed by atoms with E-state index in [1.54, 1.807) is 13.1 Å². The van der Waals surface area contributed by atoms with Crippen LogP contribution in [0.3, 0.4) is 0 Å². The molecule has 33 heavy (non-hydrogen) atoms. The molecule has 1 aromatic heterocycles. The number of aryl methyl sites for hydroxylation is 1. The molecule has 1 atom stereocenters. The molecule has 0 radical (unpaired) electrons. The number of aromatic hydroxyl groups is 1. The zero-order valence-electron chi connectivity index (χ0n) is 18.1. The summed E-state index contributed by atoms with van der Waals surface area (Å²) in [6.45, 7) is -0.130. The zero-order chi connectivity index (χ0) is 22.9. The number of amides is 1. The molecule has 0 aliphatic rings. The average Bonchev–Trinajstić information content (AvgIpc) is 3.08. The highest BCUT2D eigenvalue weighted by Gasteiger charge is 2.23. The molecule has 4 aromatic carbocycles. The van der Waals surface area contributed by atoms with Crippen LogP contribution in [0.5, 0.6) is 5.75 Å². The number of hydrogen-bond donors (Lipinski definition) is 2. The number of para-hydroxylation sites is 2. The molecule has 0 aliphatic carbocycles. The van der Waals surface area contributed by atoms with E-state index in [0.29, 0.717) is 11.1 Å². The third-order valence-corrected chi connectivity index (χ3v) is 6.03. The minimum atomic E-state index is -0.588. The fraction of sp³-hybridized carbons (Fsp3) is 0.111. The smallest absolute Gasteiger partial charge is 0.329 e. The minimum absolute atomic E-state index is 0.102. The van der Waals surface area contributed by atoms with Gasteiger partial charge in [-0.1, -0.05) is 72.8 Å². The predicted molar refractivity (Wildman–Crippen MR) is 129 cm³/mol. The number of rotatable bonds is 5. The van der Waals surface area contributed by atoms with E-state index in [1.807, 2.05) is 84.9 Å². The molecule has 0 saturated carbocycles. The van der Waals surface area contributed by atoms with Gasteiger partial charge in [-0.15, -0.1) is 0 Å². The Kier molecular flexibility index (Phi) is 5.18. The molecule has 0 aliphatic heterocycles. The lowest BCUT2D eigenvalue weighted by atomic mass is 9.92. The summed E-state index contributed by atoms with van der Waals surface area (Å²) in [5, 5.41) is 15.7. The summed E-state index contributed by atoms with van der Waals surface area (Å²) in [4.78, 5) is 26.0. The van der Waals surface area contributed by atoms with Crippen LogP contribution in [0.2, 0.25) is 0 Å². The zero-order valence-corrected chi connectivity index (χ0v) is 18.1. The number of phenolic OH excluding ortho intramolecular Hbond substituents is 1. The van der Waals surface area contributed by atoms with Crippen LogP contribution in [0.4, 0.5) is 0 Å². The van der Waals surface area contributed by atoms with Crippen LogP contribution in [0, 0.1) is 0 Å². The Bertz CT molecular complexity index is 1530. The van der Waals surface area contributed by atoms with Crippen LogP contribution in [0.1, 0.15) is 17.2 Å². The monoisotopic (exact) mass is 437 g/mol. The van der Waals surface area contributed by atoms with Gasteiger partial charge in [0.25, 0.3) is 0 Å². The Morgan fingerprint density at radius 2 is 1.55 bits per heavy atom. The van der Waals surface area contributed by atoms with E-state index in [4.69, 9.17) is 0 Å². The first-order valence-corrected chi connectivity index (χ1v) is 10.7. The number of nitrogens with zero attached hydrogens (tertiary/aromatic N) is 2. The second-order valence-electron chi connectivity index (χ2n) is 8.05. The van der Waals surface area contributed by atoms with E-state index in [-0.39, 0.29) is 23.9 Å². The lowest BCUT2D eigenvalue weighted by molar-refractivity contribution is -0.122. The van der Waals surface area contributed by atoms with Crippen molar-refractivity contribution < 1.29 is 9.90 Å². The van der Waals surface area contributed by atoms with E-state index in [9.17, 15) is 14.7 Å². The first-order valence-electron chi connectivity index (χ1n) is 10.7. The fourth-order valence-corrected chi connectivity index (χ4v) is 4.42. The maximum absolute atomic E-state index is 13.3. The molecular formula is C27H23N3O3. The van der Waals surface area contributed by atoms with Crippen LogP contribution in [0.25, 0.3) is 21.8 Å². The maximum atomic E-state index is 13.3. The third kappa shape index (κ3) is 3.65. The lowest BCUT2D eigenvalue weighted by Gasteiger charge is -2.23. The van der Waals surface area contributed by atoms with Crippen molar-refractivity contribution in [2.45, 2.75) is 12.6 Å². The van der Waals surface area contributed by atoms with Crippen molar-refractivity contribution >= 4 is 27.7 Å². The largest absolute Gasteiger partial charge is 0.508 e. The van der Waals surface area contributed by atoms with Gasteiger partial charge in [0.05, 0.1) is 17.1 Å². The van der Waals surface area contributed by atoms with Crippen LogP contribution >= 0.6 is 0 Å². The van der Waals surface area contributed by atoms with Gasteiger partial charge in [-0.3, -0.25) is 13.9 Å².